The quantitative estimate of drug-likeness (QED) is 0.541. The van der Waals surface area contributed by atoms with Gasteiger partial charge in [0.25, 0.3) is 0 Å². The second kappa shape index (κ2) is 7.24. The molecule has 0 aromatic heterocycles. The summed E-state index contributed by atoms with van der Waals surface area (Å²) >= 11 is 0. The zero-order valence-corrected chi connectivity index (χ0v) is 11.7. The van der Waals surface area contributed by atoms with Gasteiger partial charge in [0.15, 0.2) is 0 Å². The van der Waals surface area contributed by atoms with Gasteiger partial charge in [-0.05, 0) is 31.7 Å². The highest BCUT2D eigenvalue weighted by molar-refractivity contribution is 5.22. The second-order valence-electron chi connectivity index (χ2n) is 5.16. The number of nitrogens with one attached hydrogen (secondary N) is 3. The summed E-state index contributed by atoms with van der Waals surface area (Å²) in [6, 6.07) is 8.51. The van der Waals surface area contributed by atoms with Crippen LogP contribution in [0.4, 0.5) is 0 Å². The van der Waals surface area contributed by atoms with Crippen LogP contribution in [0.5, 0.6) is 0 Å². The maximum Gasteiger partial charge on any atom is 0.0364 e. The summed E-state index contributed by atoms with van der Waals surface area (Å²) in [5.74, 6) is 0.582. The first-order valence-corrected chi connectivity index (χ1v) is 6.85. The van der Waals surface area contributed by atoms with Crippen LogP contribution < -0.4 is 16.4 Å². The highest BCUT2D eigenvalue weighted by Gasteiger charge is 2.06. The number of rotatable bonds is 6. The number of benzene rings is 1. The normalized spacial score (nSPS) is 18.4. The van der Waals surface area contributed by atoms with Crippen molar-refractivity contribution in [1.29, 1.82) is 0 Å². The summed E-state index contributed by atoms with van der Waals surface area (Å²) in [6.07, 6.45) is 7.85. The Hall–Kier alpha value is -1.42. The summed E-state index contributed by atoms with van der Waals surface area (Å²) < 4.78 is 0. The molecule has 0 fully saturated rings. The van der Waals surface area contributed by atoms with E-state index in [0.717, 1.165) is 19.5 Å². The largest absolute Gasteiger partial charge is 0.244 e. The van der Waals surface area contributed by atoms with E-state index in [1.54, 1.807) is 0 Å². The van der Waals surface area contributed by atoms with Crippen LogP contribution in [0.15, 0.2) is 48.1 Å². The summed E-state index contributed by atoms with van der Waals surface area (Å²) in [7, 11) is 0. The van der Waals surface area contributed by atoms with Gasteiger partial charge in [-0.15, -0.1) is 0 Å². The van der Waals surface area contributed by atoms with Crippen molar-refractivity contribution in [2.24, 2.45) is 5.92 Å². The third kappa shape index (κ3) is 4.99. The predicted octanol–water partition coefficient (Wildman–Crippen LogP) is 2.62. The van der Waals surface area contributed by atoms with Crippen LogP contribution in [0.25, 0.3) is 0 Å². The molecule has 1 aromatic carbocycles. The Morgan fingerprint density at radius 2 is 2.11 bits per heavy atom. The van der Waals surface area contributed by atoms with Gasteiger partial charge in [0.2, 0.25) is 0 Å². The van der Waals surface area contributed by atoms with Crippen molar-refractivity contribution in [3.63, 3.8) is 0 Å². The molecule has 0 aliphatic heterocycles. The van der Waals surface area contributed by atoms with Crippen molar-refractivity contribution in [3.05, 3.63) is 59.2 Å². The fourth-order valence-corrected chi connectivity index (χ4v) is 2.28. The van der Waals surface area contributed by atoms with Gasteiger partial charge in [0, 0.05) is 13.1 Å². The van der Waals surface area contributed by atoms with E-state index in [0.29, 0.717) is 5.92 Å². The molecule has 0 amide bonds. The first kappa shape index (κ1) is 14.0. The van der Waals surface area contributed by atoms with Gasteiger partial charge in [-0.25, -0.2) is 10.9 Å². The standard InChI is InChI=1S/C16H23N3/c1-13-5-3-7-15(9-13)11-17-19-18-12-16-8-4-6-14(2)10-16/h3-7,9-10,16-19H,8,11-12H2,1-2H3. The monoisotopic (exact) mass is 257 g/mol. The predicted molar refractivity (Wildman–Crippen MR) is 80.2 cm³/mol. The van der Waals surface area contributed by atoms with Gasteiger partial charge >= 0.3 is 0 Å². The summed E-state index contributed by atoms with van der Waals surface area (Å²) in [5.41, 5.74) is 13.4. The van der Waals surface area contributed by atoms with Crippen molar-refractivity contribution in [2.75, 3.05) is 6.54 Å². The lowest BCUT2D eigenvalue weighted by Crippen LogP contribution is -2.44. The van der Waals surface area contributed by atoms with Crippen molar-refractivity contribution < 1.29 is 0 Å². The van der Waals surface area contributed by atoms with Gasteiger partial charge in [-0.2, -0.15) is 5.53 Å². The first-order chi connectivity index (χ1) is 9.24. The van der Waals surface area contributed by atoms with Crippen LogP contribution in [-0.4, -0.2) is 6.54 Å². The van der Waals surface area contributed by atoms with Crippen LogP contribution >= 0.6 is 0 Å². The lowest BCUT2D eigenvalue weighted by Gasteiger charge is -2.16. The van der Waals surface area contributed by atoms with Gasteiger partial charge in [0.05, 0.1) is 0 Å². The molecule has 2 rings (SSSR count). The summed E-state index contributed by atoms with van der Waals surface area (Å²) in [6.45, 7) is 6.00. The third-order valence-electron chi connectivity index (χ3n) is 3.23. The van der Waals surface area contributed by atoms with Crippen molar-refractivity contribution in [1.82, 2.24) is 16.4 Å². The zero-order chi connectivity index (χ0) is 13.5. The molecule has 3 N–H and O–H groups in total. The maximum atomic E-state index is 3.22. The molecule has 0 spiro atoms. The Morgan fingerprint density at radius 3 is 2.89 bits per heavy atom. The smallest absolute Gasteiger partial charge is 0.0364 e. The molecule has 0 heterocycles. The Bertz CT molecular complexity index is 463. The molecule has 0 radical (unpaired) electrons. The molecule has 0 saturated heterocycles. The molecule has 1 aliphatic rings. The number of hydrazine groups is 2. The van der Waals surface area contributed by atoms with Crippen molar-refractivity contribution >= 4 is 0 Å². The van der Waals surface area contributed by atoms with E-state index < -0.39 is 0 Å². The molecule has 3 heteroatoms. The molecule has 1 aromatic rings. The van der Waals surface area contributed by atoms with Crippen LogP contribution in [-0.2, 0) is 6.54 Å². The summed E-state index contributed by atoms with van der Waals surface area (Å²) in [5, 5.41) is 0. The van der Waals surface area contributed by atoms with Crippen LogP contribution in [0.3, 0.4) is 0 Å². The van der Waals surface area contributed by atoms with E-state index in [-0.39, 0.29) is 0 Å². The Kier molecular flexibility index (Phi) is 5.33. The van der Waals surface area contributed by atoms with Crippen LogP contribution in [0, 0.1) is 12.8 Å². The molecule has 1 unspecified atom stereocenters. The fourth-order valence-electron chi connectivity index (χ4n) is 2.28. The average molecular weight is 257 g/mol. The van der Waals surface area contributed by atoms with E-state index >= 15 is 0 Å². The lowest BCUT2D eigenvalue weighted by molar-refractivity contribution is 0.403. The van der Waals surface area contributed by atoms with Gasteiger partial charge < -0.3 is 0 Å². The van der Waals surface area contributed by atoms with Gasteiger partial charge in [-0.3, -0.25) is 0 Å². The minimum atomic E-state index is 0.582. The average Bonchev–Trinajstić information content (AvgIpc) is 2.38. The fraction of sp³-hybridized carbons (Fsp3) is 0.375. The zero-order valence-electron chi connectivity index (χ0n) is 11.7. The van der Waals surface area contributed by atoms with E-state index in [1.165, 1.54) is 16.7 Å². The van der Waals surface area contributed by atoms with E-state index in [1.807, 2.05) is 0 Å². The molecule has 1 atom stereocenters. The molecule has 0 bridgehead atoms. The Balaban J connectivity index is 1.61. The molecule has 3 nitrogen and oxygen atoms in total. The maximum absolute atomic E-state index is 3.22. The highest BCUT2D eigenvalue weighted by atomic mass is 15.6. The van der Waals surface area contributed by atoms with E-state index in [4.69, 9.17) is 0 Å². The number of allylic oxidation sites excluding steroid dienone is 3. The van der Waals surface area contributed by atoms with Crippen LogP contribution in [0.2, 0.25) is 0 Å². The van der Waals surface area contributed by atoms with E-state index in [9.17, 15) is 0 Å². The first-order valence-electron chi connectivity index (χ1n) is 6.85. The Labute approximate surface area is 115 Å². The third-order valence-corrected chi connectivity index (χ3v) is 3.23. The number of aryl methyl sites for hydroxylation is 1. The van der Waals surface area contributed by atoms with Gasteiger partial charge in [0.1, 0.15) is 0 Å². The Morgan fingerprint density at radius 1 is 1.21 bits per heavy atom. The topological polar surface area (TPSA) is 36.1 Å². The second-order valence-corrected chi connectivity index (χ2v) is 5.16. The number of hydrogen-bond donors (Lipinski definition) is 3. The highest BCUT2D eigenvalue weighted by Crippen LogP contribution is 2.14. The summed E-state index contributed by atoms with van der Waals surface area (Å²) in [4.78, 5) is 0. The molecular weight excluding hydrogens is 234 g/mol. The van der Waals surface area contributed by atoms with Crippen LogP contribution in [0.1, 0.15) is 24.5 Å². The number of hydrogen-bond acceptors (Lipinski definition) is 3. The van der Waals surface area contributed by atoms with Crippen molar-refractivity contribution in [3.8, 4) is 0 Å². The molecule has 102 valence electrons. The van der Waals surface area contributed by atoms with Gasteiger partial charge in [-0.1, -0.05) is 53.6 Å². The molecule has 0 saturated carbocycles. The molecule has 1 aliphatic carbocycles. The van der Waals surface area contributed by atoms with Crippen molar-refractivity contribution in [2.45, 2.75) is 26.8 Å². The molecule has 19 heavy (non-hydrogen) atoms. The lowest BCUT2D eigenvalue weighted by atomic mass is 9.97. The van der Waals surface area contributed by atoms with E-state index in [2.05, 4.69) is 72.7 Å². The molecular formula is C16H23N3. The SMILES string of the molecule is CC1=CC(CNNNCc2cccc(C)c2)CC=C1. The minimum Gasteiger partial charge on any atom is -0.244 e. The minimum absolute atomic E-state index is 0.582.